The van der Waals surface area contributed by atoms with E-state index < -0.39 is 5.38 Å². The molecule has 2 rings (SSSR count). The lowest BCUT2D eigenvalue weighted by molar-refractivity contribution is -0.132. The number of halogens is 1. The van der Waals surface area contributed by atoms with Crippen LogP contribution in [0.25, 0.3) is 0 Å². The molecule has 0 N–H and O–H groups in total. The number of hydrogen-bond acceptors (Lipinski definition) is 1. The maximum absolute atomic E-state index is 12.3. The molecular formula is C19H25ClN2O. The number of benzene rings is 1. The van der Waals surface area contributed by atoms with E-state index in [-0.39, 0.29) is 11.9 Å². The van der Waals surface area contributed by atoms with Gasteiger partial charge in [-0.15, -0.1) is 11.6 Å². The van der Waals surface area contributed by atoms with E-state index in [4.69, 9.17) is 11.6 Å². The van der Waals surface area contributed by atoms with Crippen molar-refractivity contribution >= 4 is 17.5 Å². The molecule has 0 aliphatic heterocycles. The molecule has 0 saturated heterocycles. The molecule has 0 aliphatic rings. The zero-order valence-electron chi connectivity index (χ0n) is 14.3. The predicted molar refractivity (Wildman–Crippen MR) is 95.7 cm³/mol. The normalized spacial score (nSPS) is 12.4. The lowest BCUT2D eigenvalue weighted by Gasteiger charge is -2.28. The van der Waals surface area contributed by atoms with E-state index in [2.05, 4.69) is 48.0 Å². The first-order valence-corrected chi connectivity index (χ1v) is 8.46. The third kappa shape index (κ3) is 4.61. The Hall–Kier alpha value is -1.74. The van der Waals surface area contributed by atoms with Crippen LogP contribution in [0.15, 0.2) is 42.6 Å². The van der Waals surface area contributed by atoms with Gasteiger partial charge < -0.3 is 9.47 Å². The molecule has 0 radical (unpaired) electrons. The van der Waals surface area contributed by atoms with Crippen LogP contribution in [0.3, 0.4) is 0 Å². The summed E-state index contributed by atoms with van der Waals surface area (Å²) in [5.41, 5.74) is 3.63. The molecule has 1 aromatic heterocycles. The van der Waals surface area contributed by atoms with Crippen molar-refractivity contribution in [2.24, 2.45) is 0 Å². The fourth-order valence-corrected chi connectivity index (χ4v) is 2.80. The van der Waals surface area contributed by atoms with Gasteiger partial charge in [0.2, 0.25) is 5.91 Å². The van der Waals surface area contributed by atoms with Gasteiger partial charge in [-0.3, -0.25) is 4.79 Å². The Morgan fingerprint density at radius 2 is 1.96 bits per heavy atom. The number of alkyl halides is 1. The first-order valence-electron chi connectivity index (χ1n) is 8.02. The van der Waals surface area contributed by atoms with Gasteiger partial charge >= 0.3 is 0 Å². The third-order valence-corrected chi connectivity index (χ3v) is 4.12. The van der Waals surface area contributed by atoms with Gasteiger partial charge in [0.15, 0.2) is 0 Å². The number of aromatic nitrogens is 1. The molecule has 1 amide bonds. The summed E-state index contributed by atoms with van der Waals surface area (Å²) in [6.07, 6.45) is 2.06. The van der Waals surface area contributed by atoms with Crippen LogP contribution in [0.4, 0.5) is 0 Å². The highest BCUT2D eigenvalue weighted by Crippen LogP contribution is 2.15. The van der Waals surface area contributed by atoms with E-state index in [0.717, 1.165) is 12.2 Å². The summed E-state index contributed by atoms with van der Waals surface area (Å²) in [7, 11) is 0. The first-order chi connectivity index (χ1) is 10.9. The average Bonchev–Trinajstić information content (AvgIpc) is 2.90. The van der Waals surface area contributed by atoms with Gasteiger partial charge in [-0.25, -0.2) is 0 Å². The molecule has 0 aliphatic carbocycles. The largest absolute Gasteiger partial charge is 0.345 e. The van der Waals surface area contributed by atoms with Crippen LogP contribution < -0.4 is 0 Å². The summed E-state index contributed by atoms with van der Waals surface area (Å²) in [5.74, 6) is -0.0232. The Labute approximate surface area is 143 Å². The molecule has 1 heterocycles. The monoisotopic (exact) mass is 332 g/mol. The van der Waals surface area contributed by atoms with Crippen molar-refractivity contribution in [1.29, 1.82) is 0 Å². The second-order valence-corrected chi connectivity index (χ2v) is 6.95. The van der Waals surface area contributed by atoms with Crippen molar-refractivity contribution in [2.75, 3.05) is 0 Å². The standard InChI is InChI=1S/C19H25ClN2O/c1-14(2)22(19(23)16(4)20)13-18-9-6-10-21(18)12-17-8-5-7-15(3)11-17/h5-11,14,16H,12-13H2,1-4H3. The van der Waals surface area contributed by atoms with Gasteiger partial charge in [-0.05, 0) is 45.4 Å². The van der Waals surface area contributed by atoms with Crippen LogP contribution in [0.2, 0.25) is 0 Å². The lowest BCUT2D eigenvalue weighted by atomic mass is 10.1. The van der Waals surface area contributed by atoms with E-state index in [1.807, 2.05) is 24.8 Å². The lowest BCUT2D eigenvalue weighted by Crippen LogP contribution is -2.40. The minimum atomic E-state index is -0.502. The van der Waals surface area contributed by atoms with Gasteiger partial charge in [0.1, 0.15) is 5.38 Å². The number of amides is 1. The van der Waals surface area contributed by atoms with Crippen molar-refractivity contribution in [3.63, 3.8) is 0 Å². The summed E-state index contributed by atoms with van der Waals surface area (Å²) in [6.45, 7) is 9.25. The maximum atomic E-state index is 12.3. The molecular weight excluding hydrogens is 308 g/mol. The topological polar surface area (TPSA) is 25.2 Å². The molecule has 0 saturated carbocycles. The van der Waals surface area contributed by atoms with Crippen LogP contribution in [-0.2, 0) is 17.9 Å². The molecule has 1 aromatic carbocycles. The van der Waals surface area contributed by atoms with Gasteiger partial charge in [0.05, 0.1) is 6.54 Å². The van der Waals surface area contributed by atoms with Crippen molar-refractivity contribution in [3.05, 3.63) is 59.4 Å². The number of carbonyl (C=O) groups excluding carboxylic acids is 1. The van der Waals surface area contributed by atoms with E-state index in [0.29, 0.717) is 6.54 Å². The molecule has 0 spiro atoms. The highest BCUT2D eigenvalue weighted by atomic mass is 35.5. The minimum absolute atomic E-state index is 0.0232. The summed E-state index contributed by atoms with van der Waals surface area (Å²) in [6, 6.07) is 12.7. The van der Waals surface area contributed by atoms with Gasteiger partial charge in [0.25, 0.3) is 0 Å². The second kappa shape index (κ2) is 7.69. The summed E-state index contributed by atoms with van der Waals surface area (Å²) < 4.78 is 2.19. The molecule has 4 heteroatoms. The van der Waals surface area contributed by atoms with Crippen LogP contribution in [0.1, 0.15) is 37.6 Å². The molecule has 3 nitrogen and oxygen atoms in total. The van der Waals surface area contributed by atoms with E-state index >= 15 is 0 Å². The molecule has 124 valence electrons. The average molecular weight is 333 g/mol. The minimum Gasteiger partial charge on any atom is -0.345 e. The molecule has 0 bridgehead atoms. The summed E-state index contributed by atoms with van der Waals surface area (Å²) in [5, 5.41) is -0.502. The quantitative estimate of drug-likeness (QED) is 0.727. The molecule has 2 aromatic rings. The smallest absolute Gasteiger partial charge is 0.240 e. The third-order valence-electron chi connectivity index (χ3n) is 3.94. The van der Waals surface area contributed by atoms with Gasteiger partial charge in [-0.2, -0.15) is 0 Å². The molecule has 1 atom stereocenters. The fraction of sp³-hybridized carbons (Fsp3) is 0.421. The summed E-state index contributed by atoms with van der Waals surface area (Å²) >= 11 is 6.00. The van der Waals surface area contributed by atoms with Crippen molar-refractivity contribution < 1.29 is 4.79 Å². The Balaban J connectivity index is 2.18. The Kier molecular flexibility index (Phi) is 5.89. The van der Waals surface area contributed by atoms with Crippen molar-refractivity contribution in [3.8, 4) is 0 Å². The second-order valence-electron chi connectivity index (χ2n) is 6.29. The van der Waals surface area contributed by atoms with Crippen LogP contribution in [0, 0.1) is 6.92 Å². The molecule has 0 fully saturated rings. The number of carbonyl (C=O) groups is 1. The van der Waals surface area contributed by atoms with Crippen molar-refractivity contribution in [1.82, 2.24) is 9.47 Å². The number of hydrogen-bond donors (Lipinski definition) is 0. The summed E-state index contributed by atoms with van der Waals surface area (Å²) in [4.78, 5) is 14.1. The van der Waals surface area contributed by atoms with Crippen LogP contribution >= 0.6 is 11.6 Å². The Morgan fingerprint density at radius 3 is 2.57 bits per heavy atom. The highest BCUT2D eigenvalue weighted by molar-refractivity contribution is 6.30. The van der Waals surface area contributed by atoms with Crippen LogP contribution in [-0.4, -0.2) is 26.8 Å². The zero-order valence-corrected chi connectivity index (χ0v) is 15.0. The maximum Gasteiger partial charge on any atom is 0.240 e. The predicted octanol–water partition coefficient (Wildman–Crippen LogP) is 4.21. The Morgan fingerprint density at radius 1 is 1.22 bits per heavy atom. The van der Waals surface area contributed by atoms with E-state index in [1.165, 1.54) is 11.1 Å². The van der Waals surface area contributed by atoms with E-state index in [9.17, 15) is 4.79 Å². The Bertz CT molecular complexity index is 661. The van der Waals surface area contributed by atoms with Gasteiger partial charge in [-0.1, -0.05) is 29.8 Å². The molecule has 1 unspecified atom stereocenters. The molecule has 23 heavy (non-hydrogen) atoms. The van der Waals surface area contributed by atoms with Gasteiger partial charge in [0, 0.05) is 24.5 Å². The number of nitrogens with zero attached hydrogens (tertiary/aromatic N) is 2. The number of rotatable bonds is 6. The zero-order chi connectivity index (χ0) is 17.0. The van der Waals surface area contributed by atoms with Crippen LogP contribution in [0.5, 0.6) is 0 Å². The SMILES string of the molecule is Cc1cccc(Cn2cccc2CN(C(=O)C(C)Cl)C(C)C)c1. The highest BCUT2D eigenvalue weighted by Gasteiger charge is 2.22. The first kappa shape index (κ1) is 17.6. The number of aryl methyl sites for hydroxylation is 1. The van der Waals surface area contributed by atoms with E-state index in [1.54, 1.807) is 6.92 Å². The fourth-order valence-electron chi connectivity index (χ4n) is 2.67. The van der Waals surface area contributed by atoms with Crippen molar-refractivity contribution in [2.45, 2.75) is 52.2 Å².